The molecule has 3 rings (SSSR count). The summed E-state index contributed by atoms with van der Waals surface area (Å²) in [5.41, 5.74) is 1.32. The van der Waals surface area contributed by atoms with Crippen LogP contribution in [0.4, 0.5) is 4.79 Å². The Labute approximate surface area is 154 Å². The van der Waals surface area contributed by atoms with Gasteiger partial charge in [-0.1, -0.05) is 0 Å². The first-order valence-corrected chi connectivity index (χ1v) is 8.74. The number of nitrogens with one attached hydrogen (secondary N) is 1. The largest absolute Gasteiger partial charge is 0.496 e. The van der Waals surface area contributed by atoms with Crippen LogP contribution >= 0.6 is 11.5 Å². The third-order valence-corrected chi connectivity index (χ3v) is 5.18. The second kappa shape index (κ2) is 7.17. The van der Waals surface area contributed by atoms with Crippen LogP contribution in [0.5, 0.6) is 11.5 Å². The Morgan fingerprint density at radius 2 is 1.92 bits per heavy atom. The molecule has 0 radical (unpaired) electrons. The van der Waals surface area contributed by atoms with Crippen molar-refractivity contribution in [1.29, 1.82) is 0 Å². The maximum absolute atomic E-state index is 12.6. The van der Waals surface area contributed by atoms with Gasteiger partial charge in [0.2, 0.25) is 0 Å². The number of carbonyl (C=O) groups excluding carboxylic acids is 1. The number of rotatable bonds is 4. The Bertz CT molecular complexity index is 1000. The Morgan fingerprint density at radius 1 is 1.27 bits per heavy atom. The van der Waals surface area contributed by atoms with E-state index in [0.717, 1.165) is 26.6 Å². The Hall–Kier alpha value is -2.87. The van der Waals surface area contributed by atoms with Gasteiger partial charge in [0.15, 0.2) is 0 Å². The predicted molar refractivity (Wildman–Crippen MR) is 101 cm³/mol. The summed E-state index contributed by atoms with van der Waals surface area (Å²) < 4.78 is 11.8. The summed E-state index contributed by atoms with van der Waals surface area (Å²) in [6.07, 6.45) is 1.59. The molecule has 2 heterocycles. The lowest BCUT2D eigenvalue weighted by molar-refractivity contribution is 0.241. The topological polar surface area (TPSA) is 82.5 Å². The van der Waals surface area contributed by atoms with Crippen molar-refractivity contribution in [2.45, 2.75) is 19.9 Å². The number of ether oxygens (including phenoxy) is 2. The molecule has 0 saturated heterocycles. The number of carbonyl (C=O) groups is 1. The lowest BCUT2D eigenvalue weighted by atomic mass is 10.0. The molecule has 0 aliphatic rings. The van der Waals surface area contributed by atoms with Crippen molar-refractivity contribution >= 4 is 27.8 Å². The van der Waals surface area contributed by atoms with Crippen LogP contribution < -0.4 is 20.3 Å². The highest BCUT2D eigenvalue weighted by atomic mass is 32.1. The minimum Gasteiger partial charge on any atom is -0.496 e. The van der Waals surface area contributed by atoms with Gasteiger partial charge in [0.25, 0.3) is 5.56 Å². The average molecular weight is 373 g/mol. The van der Waals surface area contributed by atoms with Crippen LogP contribution in [-0.2, 0) is 0 Å². The standard InChI is InChI=1S/C18H19N3O4S/c1-10-14(24-3)8-12(9-15(10)25-4)11(2)20-18(23)21-17(22)13-6-5-7-19-16(13)26-21/h5-9,11H,1-4H3,(H,20,23)/t11-/m0/s1. The lowest BCUT2D eigenvalue weighted by Gasteiger charge is -2.18. The van der Waals surface area contributed by atoms with Crippen LogP contribution in [0, 0.1) is 6.92 Å². The van der Waals surface area contributed by atoms with E-state index in [-0.39, 0.29) is 11.6 Å². The van der Waals surface area contributed by atoms with Crippen molar-refractivity contribution in [2.24, 2.45) is 0 Å². The lowest BCUT2D eigenvalue weighted by Crippen LogP contribution is -2.34. The van der Waals surface area contributed by atoms with Crippen LogP contribution in [0.25, 0.3) is 10.2 Å². The zero-order chi connectivity index (χ0) is 18.8. The average Bonchev–Trinajstić information content (AvgIpc) is 2.99. The first kappa shape index (κ1) is 17.9. The van der Waals surface area contributed by atoms with Gasteiger partial charge in [-0.2, -0.15) is 3.96 Å². The highest BCUT2D eigenvalue weighted by Gasteiger charge is 2.19. The quantitative estimate of drug-likeness (QED) is 0.760. The minimum atomic E-state index is -0.496. The van der Waals surface area contributed by atoms with E-state index in [1.165, 1.54) is 0 Å². The van der Waals surface area contributed by atoms with Crippen molar-refractivity contribution in [3.05, 3.63) is 51.9 Å². The molecular formula is C18H19N3O4S. The summed E-state index contributed by atoms with van der Waals surface area (Å²) in [4.78, 5) is 29.6. The van der Waals surface area contributed by atoms with Crippen LogP contribution in [0.3, 0.4) is 0 Å². The third-order valence-electron chi connectivity index (χ3n) is 4.16. The number of hydrogen-bond acceptors (Lipinski definition) is 6. The van der Waals surface area contributed by atoms with Crippen LogP contribution in [0.15, 0.2) is 35.3 Å². The summed E-state index contributed by atoms with van der Waals surface area (Å²) >= 11 is 1.02. The molecule has 136 valence electrons. The van der Waals surface area contributed by atoms with Crippen molar-refractivity contribution in [3.63, 3.8) is 0 Å². The second-order valence-electron chi connectivity index (χ2n) is 5.77. The predicted octanol–water partition coefficient (Wildman–Crippen LogP) is 3.10. The van der Waals surface area contributed by atoms with Crippen LogP contribution in [-0.4, -0.2) is 29.2 Å². The first-order valence-electron chi connectivity index (χ1n) is 7.96. The fourth-order valence-corrected chi connectivity index (χ4v) is 3.53. The fraction of sp³-hybridized carbons (Fsp3) is 0.278. The molecule has 7 nitrogen and oxygen atoms in total. The highest BCUT2D eigenvalue weighted by Crippen LogP contribution is 2.32. The molecule has 1 N–H and O–H groups in total. The molecule has 0 spiro atoms. The molecule has 0 fully saturated rings. The Morgan fingerprint density at radius 3 is 2.50 bits per heavy atom. The SMILES string of the molecule is COc1cc([C@H](C)NC(=O)n2sc3ncccc3c2=O)cc(OC)c1C. The normalized spacial score (nSPS) is 12.0. The number of nitrogens with zero attached hydrogens (tertiary/aromatic N) is 2. The number of pyridine rings is 1. The number of fused-ring (bicyclic) bond motifs is 1. The van der Waals surface area contributed by atoms with E-state index in [1.807, 2.05) is 26.0 Å². The first-order chi connectivity index (χ1) is 12.5. The van der Waals surface area contributed by atoms with Gasteiger partial charge in [-0.25, -0.2) is 9.78 Å². The Balaban J connectivity index is 1.89. The van der Waals surface area contributed by atoms with Gasteiger partial charge in [-0.3, -0.25) is 4.79 Å². The van der Waals surface area contributed by atoms with E-state index in [4.69, 9.17) is 9.47 Å². The van der Waals surface area contributed by atoms with Gasteiger partial charge in [0.1, 0.15) is 16.3 Å². The van der Waals surface area contributed by atoms with Crippen molar-refractivity contribution in [3.8, 4) is 11.5 Å². The molecule has 26 heavy (non-hydrogen) atoms. The van der Waals surface area contributed by atoms with Crippen molar-refractivity contribution in [1.82, 2.24) is 14.3 Å². The second-order valence-corrected chi connectivity index (χ2v) is 6.70. The molecule has 8 heteroatoms. The molecule has 0 bridgehead atoms. The third kappa shape index (κ3) is 3.15. The van der Waals surface area contributed by atoms with Gasteiger partial charge in [0, 0.05) is 11.8 Å². The molecule has 0 aliphatic carbocycles. The molecule has 0 unspecified atom stereocenters. The van der Waals surface area contributed by atoms with Gasteiger partial charge >= 0.3 is 6.03 Å². The number of amides is 1. The molecule has 1 amide bonds. The summed E-state index contributed by atoms with van der Waals surface area (Å²) in [6, 6.07) is 6.17. The van der Waals surface area contributed by atoms with E-state index < -0.39 is 6.03 Å². The van der Waals surface area contributed by atoms with E-state index >= 15 is 0 Å². The molecule has 3 aromatic rings. The summed E-state index contributed by atoms with van der Waals surface area (Å²) in [6.45, 7) is 3.73. The highest BCUT2D eigenvalue weighted by molar-refractivity contribution is 7.14. The minimum absolute atomic E-state index is 0.351. The molecule has 1 atom stereocenters. The van der Waals surface area contributed by atoms with Gasteiger partial charge in [0.05, 0.1) is 25.6 Å². The maximum Gasteiger partial charge on any atom is 0.338 e. The monoisotopic (exact) mass is 373 g/mol. The van der Waals surface area contributed by atoms with E-state index in [1.54, 1.807) is 32.5 Å². The number of aromatic nitrogens is 2. The fourth-order valence-electron chi connectivity index (χ4n) is 2.68. The number of hydrogen-bond donors (Lipinski definition) is 1. The van der Waals surface area contributed by atoms with E-state index in [2.05, 4.69) is 10.3 Å². The molecular weight excluding hydrogens is 354 g/mol. The van der Waals surface area contributed by atoms with Gasteiger partial charge in [-0.05, 0) is 55.2 Å². The zero-order valence-electron chi connectivity index (χ0n) is 14.9. The smallest absolute Gasteiger partial charge is 0.338 e. The molecule has 1 aromatic carbocycles. The van der Waals surface area contributed by atoms with Crippen molar-refractivity contribution in [2.75, 3.05) is 14.2 Å². The summed E-state index contributed by atoms with van der Waals surface area (Å²) in [7, 11) is 3.16. The van der Waals surface area contributed by atoms with Crippen LogP contribution in [0.1, 0.15) is 24.1 Å². The zero-order valence-corrected chi connectivity index (χ0v) is 15.7. The summed E-state index contributed by atoms with van der Waals surface area (Å²) in [5.74, 6) is 1.34. The van der Waals surface area contributed by atoms with E-state index in [9.17, 15) is 9.59 Å². The Kier molecular flexibility index (Phi) is 4.94. The van der Waals surface area contributed by atoms with Crippen LogP contribution in [0.2, 0.25) is 0 Å². The van der Waals surface area contributed by atoms with Gasteiger partial charge in [-0.15, -0.1) is 0 Å². The summed E-state index contributed by atoms with van der Waals surface area (Å²) in [5, 5.41) is 3.26. The number of benzene rings is 1. The van der Waals surface area contributed by atoms with Gasteiger partial charge < -0.3 is 14.8 Å². The maximum atomic E-state index is 12.6. The molecule has 2 aromatic heterocycles. The van der Waals surface area contributed by atoms with E-state index in [0.29, 0.717) is 21.7 Å². The molecule has 0 aliphatic heterocycles. The molecule has 0 saturated carbocycles. The van der Waals surface area contributed by atoms with Crippen molar-refractivity contribution < 1.29 is 14.3 Å². The number of methoxy groups -OCH3 is 2.